The average Bonchev–Trinajstić information content (AvgIpc) is 2.24. The summed E-state index contributed by atoms with van der Waals surface area (Å²) >= 11 is 0. The highest BCUT2D eigenvalue weighted by atomic mass is 16.5. The summed E-state index contributed by atoms with van der Waals surface area (Å²) in [6, 6.07) is 0. The maximum Gasteiger partial charge on any atom is 0.305 e. The molecular formula is C14H24O3. The Balaban J connectivity index is 2.60. The Morgan fingerprint density at radius 1 is 1.59 bits per heavy atom. The molecule has 0 amide bonds. The molecule has 0 radical (unpaired) electrons. The van der Waals surface area contributed by atoms with E-state index in [-0.39, 0.29) is 23.4 Å². The van der Waals surface area contributed by atoms with Crippen molar-refractivity contribution in [3.63, 3.8) is 0 Å². The van der Waals surface area contributed by atoms with Crippen LogP contribution in [0.15, 0.2) is 12.2 Å². The number of esters is 1. The standard InChI is InChI=1S/C14H24O3/c1-5-17-13(16)9-7-11-10(2)6-8-12(15)14(11,3)4/h11-12,15H,2,5-9H2,1,3-4H3/t11-,12+/m1/s1. The van der Waals surface area contributed by atoms with E-state index in [2.05, 4.69) is 20.4 Å². The second kappa shape index (κ2) is 5.67. The average molecular weight is 240 g/mol. The number of aliphatic hydroxyl groups is 1. The highest BCUT2D eigenvalue weighted by Gasteiger charge is 2.41. The third kappa shape index (κ3) is 3.32. The summed E-state index contributed by atoms with van der Waals surface area (Å²) in [6.45, 7) is 10.4. The second-order valence-electron chi connectivity index (χ2n) is 5.43. The molecule has 0 aromatic heterocycles. The molecule has 0 saturated heterocycles. The van der Waals surface area contributed by atoms with Crippen molar-refractivity contribution in [2.45, 2.75) is 52.6 Å². The Bertz CT molecular complexity index is 294. The van der Waals surface area contributed by atoms with Crippen LogP contribution in [-0.4, -0.2) is 23.8 Å². The molecule has 3 heteroatoms. The maximum absolute atomic E-state index is 11.4. The molecule has 1 N–H and O–H groups in total. The summed E-state index contributed by atoms with van der Waals surface area (Å²) in [5.74, 6) is 0.0480. The van der Waals surface area contributed by atoms with Crippen LogP contribution >= 0.6 is 0 Å². The SMILES string of the molecule is C=C1CC[C@H](O)C(C)(C)[C@@H]1CCC(=O)OCC. The van der Waals surface area contributed by atoms with E-state index in [1.54, 1.807) is 0 Å². The molecule has 0 spiro atoms. The zero-order valence-corrected chi connectivity index (χ0v) is 11.2. The van der Waals surface area contributed by atoms with Gasteiger partial charge in [0.05, 0.1) is 12.7 Å². The second-order valence-corrected chi connectivity index (χ2v) is 5.43. The number of carbonyl (C=O) groups is 1. The van der Waals surface area contributed by atoms with Gasteiger partial charge in [-0.1, -0.05) is 26.0 Å². The van der Waals surface area contributed by atoms with Gasteiger partial charge in [-0.2, -0.15) is 0 Å². The summed E-state index contributed by atoms with van der Waals surface area (Å²) in [5, 5.41) is 10.0. The van der Waals surface area contributed by atoms with Crippen LogP contribution in [0.3, 0.4) is 0 Å². The van der Waals surface area contributed by atoms with Crippen molar-refractivity contribution in [2.24, 2.45) is 11.3 Å². The first kappa shape index (κ1) is 14.2. The number of aliphatic hydroxyl groups excluding tert-OH is 1. The van der Waals surface area contributed by atoms with E-state index in [1.165, 1.54) is 0 Å². The third-order valence-electron chi connectivity index (χ3n) is 3.93. The Morgan fingerprint density at radius 2 is 2.24 bits per heavy atom. The highest BCUT2D eigenvalue weighted by molar-refractivity contribution is 5.69. The predicted octanol–water partition coefficient (Wildman–Crippen LogP) is 2.68. The summed E-state index contributed by atoms with van der Waals surface area (Å²) in [7, 11) is 0. The van der Waals surface area contributed by atoms with Gasteiger partial charge in [0.25, 0.3) is 0 Å². The fraction of sp³-hybridized carbons (Fsp3) is 0.786. The molecule has 0 unspecified atom stereocenters. The van der Waals surface area contributed by atoms with E-state index in [1.807, 2.05) is 6.92 Å². The van der Waals surface area contributed by atoms with Gasteiger partial charge in [0.2, 0.25) is 0 Å². The molecule has 1 fully saturated rings. The summed E-state index contributed by atoms with van der Waals surface area (Å²) < 4.78 is 4.93. The summed E-state index contributed by atoms with van der Waals surface area (Å²) in [6.07, 6.45) is 2.47. The van der Waals surface area contributed by atoms with Gasteiger partial charge in [-0.05, 0) is 37.5 Å². The van der Waals surface area contributed by atoms with Gasteiger partial charge in [0, 0.05) is 6.42 Å². The van der Waals surface area contributed by atoms with Crippen molar-refractivity contribution in [3.05, 3.63) is 12.2 Å². The fourth-order valence-corrected chi connectivity index (χ4v) is 2.70. The van der Waals surface area contributed by atoms with Gasteiger partial charge in [-0.3, -0.25) is 4.79 Å². The molecule has 1 saturated carbocycles. The molecule has 17 heavy (non-hydrogen) atoms. The molecule has 2 atom stereocenters. The minimum absolute atomic E-state index is 0.156. The molecule has 98 valence electrons. The molecule has 0 aliphatic heterocycles. The van der Waals surface area contributed by atoms with Gasteiger partial charge in [-0.25, -0.2) is 0 Å². The number of hydrogen-bond donors (Lipinski definition) is 1. The van der Waals surface area contributed by atoms with E-state index in [9.17, 15) is 9.90 Å². The number of rotatable bonds is 4. The quantitative estimate of drug-likeness (QED) is 0.607. The normalized spacial score (nSPS) is 27.9. The molecule has 1 rings (SSSR count). The van der Waals surface area contributed by atoms with Crippen molar-refractivity contribution in [2.75, 3.05) is 6.61 Å². The van der Waals surface area contributed by atoms with Crippen LogP contribution in [-0.2, 0) is 9.53 Å². The van der Waals surface area contributed by atoms with Crippen molar-refractivity contribution >= 4 is 5.97 Å². The van der Waals surface area contributed by atoms with Gasteiger partial charge in [0.1, 0.15) is 0 Å². The zero-order chi connectivity index (χ0) is 13.1. The lowest BCUT2D eigenvalue weighted by Crippen LogP contribution is -2.41. The van der Waals surface area contributed by atoms with Gasteiger partial charge < -0.3 is 9.84 Å². The molecule has 0 bridgehead atoms. The Hall–Kier alpha value is -0.830. The Morgan fingerprint density at radius 3 is 2.82 bits per heavy atom. The van der Waals surface area contributed by atoms with Crippen molar-refractivity contribution in [1.29, 1.82) is 0 Å². The van der Waals surface area contributed by atoms with Gasteiger partial charge in [-0.15, -0.1) is 0 Å². The van der Waals surface area contributed by atoms with Crippen LogP contribution in [0.25, 0.3) is 0 Å². The number of allylic oxidation sites excluding steroid dienone is 1. The van der Waals surface area contributed by atoms with Crippen LogP contribution < -0.4 is 0 Å². The minimum atomic E-state index is -0.305. The zero-order valence-electron chi connectivity index (χ0n) is 11.2. The van der Waals surface area contributed by atoms with Gasteiger partial charge >= 0.3 is 5.97 Å². The third-order valence-corrected chi connectivity index (χ3v) is 3.93. The topological polar surface area (TPSA) is 46.5 Å². The van der Waals surface area contributed by atoms with E-state index in [4.69, 9.17) is 4.74 Å². The molecule has 0 aromatic carbocycles. The largest absolute Gasteiger partial charge is 0.466 e. The van der Waals surface area contributed by atoms with Crippen molar-refractivity contribution < 1.29 is 14.6 Å². The lowest BCUT2D eigenvalue weighted by Gasteiger charge is -2.44. The number of hydrogen-bond acceptors (Lipinski definition) is 3. The van der Waals surface area contributed by atoms with Crippen LogP contribution in [0, 0.1) is 11.3 Å². The van der Waals surface area contributed by atoms with E-state index >= 15 is 0 Å². The van der Waals surface area contributed by atoms with Gasteiger partial charge in [0.15, 0.2) is 0 Å². The van der Waals surface area contributed by atoms with E-state index in [0.717, 1.165) is 24.8 Å². The molecule has 1 aliphatic rings. The fourth-order valence-electron chi connectivity index (χ4n) is 2.70. The van der Waals surface area contributed by atoms with Crippen molar-refractivity contribution in [1.82, 2.24) is 0 Å². The first-order valence-corrected chi connectivity index (χ1v) is 6.41. The lowest BCUT2D eigenvalue weighted by molar-refractivity contribution is -0.143. The Labute approximate surface area is 104 Å². The summed E-state index contributed by atoms with van der Waals surface area (Å²) in [5.41, 5.74) is 0.964. The van der Waals surface area contributed by atoms with Crippen LogP contribution in [0.5, 0.6) is 0 Å². The number of carbonyl (C=O) groups excluding carboxylic acids is 1. The van der Waals surface area contributed by atoms with Crippen molar-refractivity contribution in [3.8, 4) is 0 Å². The molecule has 0 heterocycles. The molecule has 1 aliphatic carbocycles. The molecular weight excluding hydrogens is 216 g/mol. The molecule has 3 nitrogen and oxygen atoms in total. The van der Waals surface area contributed by atoms with Crippen LogP contribution in [0.4, 0.5) is 0 Å². The van der Waals surface area contributed by atoms with E-state index < -0.39 is 0 Å². The monoisotopic (exact) mass is 240 g/mol. The maximum atomic E-state index is 11.4. The first-order valence-electron chi connectivity index (χ1n) is 6.41. The highest BCUT2D eigenvalue weighted by Crippen LogP contribution is 2.45. The first-order chi connectivity index (χ1) is 7.89. The Kier molecular flexibility index (Phi) is 4.75. The minimum Gasteiger partial charge on any atom is -0.466 e. The van der Waals surface area contributed by atoms with Crippen LogP contribution in [0.2, 0.25) is 0 Å². The predicted molar refractivity (Wildman–Crippen MR) is 67.5 cm³/mol. The van der Waals surface area contributed by atoms with E-state index in [0.29, 0.717) is 13.0 Å². The molecule has 0 aromatic rings. The summed E-state index contributed by atoms with van der Waals surface area (Å²) in [4.78, 5) is 11.4. The number of ether oxygens (including phenoxy) is 1. The smallest absolute Gasteiger partial charge is 0.305 e. The van der Waals surface area contributed by atoms with Crippen LogP contribution in [0.1, 0.15) is 46.5 Å². The lowest BCUT2D eigenvalue weighted by atomic mass is 9.63.